The number of nitrogens with one attached hydrogen (secondary N) is 1. The Balaban J connectivity index is 2.03. The van der Waals surface area contributed by atoms with Crippen LogP contribution >= 0.6 is 0 Å². The molecule has 2 aromatic carbocycles. The van der Waals surface area contributed by atoms with E-state index in [9.17, 15) is 5.11 Å². The van der Waals surface area contributed by atoms with Gasteiger partial charge in [0.25, 0.3) is 0 Å². The van der Waals surface area contributed by atoms with Gasteiger partial charge in [-0.15, -0.1) is 0 Å². The van der Waals surface area contributed by atoms with Crippen molar-refractivity contribution in [1.82, 2.24) is 0 Å². The number of hydrogen-bond acceptors (Lipinski definition) is 2. The Hall–Kier alpha value is -1.80. The van der Waals surface area contributed by atoms with Gasteiger partial charge in [0.2, 0.25) is 0 Å². The molecule has 0 bridgehead atoms. The molecule has 0 aliphatic heterocycles. The van der Waals surface area contributed by atoms with E-state index >= 15 is 0 Å². The molecule has 0 aliphatic carbocycles. The van der Waals surface area contributed by atoms with E-state index in [-0.39, 0.29) is 0 Å². The summed E-state index contributed by atoms with van der Waals surface area (Å²) >= 11 is 0. The first-order valence-corrected chi connectivity index (χ1v) is 6.74. The third-order valence-electron chi connectivity index (χ3n) is 3.25. The first-order valence-electron chi connectivity index (χ1n) is 6.74. The molecule has 0 aromatic heterocycles. The third-order valence-corrected chi connectivity index (χ3v) is 3.25. The van der Waals surface area contributed by atoms with Gasteiger partial charge in [0, 0.05) is 12.2 Å². The minimum absolute atomic E-state index is 0.470. The van der Waals surface area contributed by atoms with Crippen LogP contribution in [0.3, 0.4) is 0 Å². The average Bonchev–Trinajstić information content (AvgIpc) is 2.46. The van der Waals surface area contributed by atoms with Gasteiger partial charge < -0.3 is 10.4 Å². The Morgan fingerprint density at radius 2 is 1.58 bits per heavy atom. The lowest BCUT2D eigenvalue weighted by Gasteiger charge is -2.17. The number of para-hydroxylation sites is 1. The van der Waals surface area contributed by atoms with Gasteiger partial charge in [0.1, 0.15) is 0 Å². The molecule has 1 unspecified atom stereocenters. The maximum atomic E-state index is 10.1. The molecule has 0 amide bonds. The standard InChI is InChI=1S/C17H21NO/c1-13(2)15-10-6-7-11-16(15)18-12-17(19)14-8-4-3-5-9-14/h3-11,13,17-19H,12H2,1-2H3. The number of hydrogen-bond donors (Lipinski definition) is 2. The van der Waals surface area contributed by atoms with Gasteiger partial charge in [-0.1, -0.05) is 62.4 Å². The van der Waals surface area contributed by atoms with Crippen molar-refractivity contribution in [3.8, 4) is 0 Å². The SMILES string of the molecule is CC(C)c1ccccc1NCC(O)c1ccccc1. The van der Waals surface area contributed by atoms with Crippen molar-refractivity contribution in [2.75, 3.05) is 11.9 Å². The fourth-order valence-electron chi connectivity index (χ4n) is 2.16. The largest absolute Gasteiger partial charge is 0.387 e. The average molecular weight is 255 g/mol. The predicted molar refractivity (Wildman–Crippen MR) is 80.4 cm³/mol. The number of benzene rings is 2. The van der Waals surface area contributed by atoms with E-state index in [1.54, 1.807) is 0 Å². The third kappa shape index (κ3) is 3.58. The lowest BCUT2D eigenvalue weighted by Crippen LogP contribution is -2.13. The van der Waals surface area contributed by atoms with Crippen LogP contribution in [0.5, 0.6) is 0 Å². The molecule has 100 valence electrons. The summed E-state index contributed by atoms with van der Waals surface area (Å²) < 4.78 is 0. The highest BCUT2D eigenvalue weighted by Crippen LogP contribution is 2.24. The van der Waals surface area contributed by atoms with Gasteiger partial charge in [0.15, 0.2) is 0 Å². The normalized spacial score (nSPS) is 12.4. The molecule has 0 saturated carbocycles. The van der Waals surface area contributed by atoms with Crippen molar-refractivity contribution < 1.29 is 5.11 Å². The van der Waals surface area contributed by atoms with Crippen molar-refractivity contribution in [1.29, 1.82) is 0 Å². The van der Waals surface area contributed by atoms with Gasteiger partial charge in [0.05, 0.1) is 6.10 Å². The van der Waals surface area contributed by atoms with Gasteiger partial charge in [-0.25, -0.2) is 0 Å². The Morgan fingerprint density at radius 1 is 0.947 bits per heavy atom. The predicted octanol–water partition coefficient (Wildman–Crippen LogP) is 3.96. The highest BCUT2D eigenvalue weighted by Gasteiger charge is 2.09. The molecule has 0 radical (unpaired) electrons. The van der Waals surface area contributed by atoms with Crippen LogP contribution in [0.15, 0.2) is 54.6 Å². The molecule has 1 atom stereocenters. The van der Waals surface area contributed by atoms with E-state index < -0.39 is 6.10 Å². The molecule has 19 heavy (non-hydrogen) atoms. The lowest BCUT2D eigenvalue weighted by atomic mass is 10.0. The number of rotatable bonds is 5. The minimum atomic E-state index is -0.485. The fourth-order valence-corrected chi connectivity index (χ4v) is 2.16. The van der Waals surface area contributed by atoms with Crippen molar-refractivity contribution in [2.24, 2.45) is 0 Å². The highest BCUT2D eigenvalue weighted by atomic mass is 16.3. The summed E-state index contributed by atoms with van der Waals surface area (Å²) in [7, 11) is 0. The van der Waals surface area contributed by atoms with Crippen LogP contribution in [0.4, 0.5) is 5.69 Å². The van der Waals surface area contributed by atoms with Crippen LogP contribution in [-0.4, -0.2) is 11.7 Å². The Kier molecular flexibility index (Phi) is 4.58. The number of aliphatic hydroxyl groups excluding tert-OH is 1. The van der Waals surface area contributed by atoms with Crippen LogP contribution in [0.25, 0.3) is 0 Å². The number of anilines is 1. The smallest absolute Gasteiger partial charge is 0.0962 e. The Bertz CT molecular complexity index is 508. The molecule has 2 nitrogen and oxygen atoms in total. The molecule has 0 saturated heterocycles. The van der Waals surface area contributed by atoms with Crippen molar-refractivity contribution >= 4 is 5.69 Å². The zero-order chi connectivity index (χ0) is 13.7. The van der Waals surface area contributed by atoms with E-state index in [4.69, 9.17) is 0 Å². The molecule has 0 spiro atoms. The highest BCUT2D eigenvalue weighted by molar-refractivity contribution is 5.52. The van der Waals surface area contributed by atoms with Gasteiger partial charge in [-0.3, -0.25) is 0 Å². The summed E-state index contributed by atoms with van der Waals surface area (Å²) in [6.45, 7) is 4.87. The van der Waals surface area contributed by atoms with E-state index in [2.05, 4.69) is 31.3 Å². The van der Waals surface area contributed by atoms with Gasteiger partial charge in [-0.05, 0) is 23.1 Å². The van der Waals surface area contributed by atoms with Crippen molar-refractivity contribution in [3.05, 3.63) is 65.7 Å². The second-order valence-corrected chi connectivity index (χ2v) is 5.05. The minimum Gasteiger partial charge on any atom is -0.387 e. The monoisotopic (exact) mass is 255 g/mol. The van der Waals surface area contributed by atoms with E-state index in [1.165, 1.54) is 5.56 Å². The first kappa shape index (κ1) is 13.6. The Morgan fingerprint density at radius 3 is 2.26 bits per heavy atom. The molecule has 2 aromatic rings. The zero-order valence-corrected chi connectivity index (χ0v) is 11.5. The maximum absolute atomic E-state index is 10.1. The molecule has 0 fully saturated rings. The molecule has 2 rings (SSSR count). The first-order chi connectivity index (χ1) is 9.18. The topological polar surface area (TPSA) is 32.3 Å². The number of aliphatic hydroxyl groups is 1. The summed E-state index contributed by atoms with van der Waals surface area (Å²) in [4.78, 5) is 0. The summed E-state index contributed by atoms with van der Waals surface area (Å²) in [5, 5.41) is 13.5. The van der Waals surface area contributed by atoms with E-state index in [0.29, 0.717) is 12.5 Å². The second kappa shape index (κ2) is 6.39. The molecular weight excluding hydrogens is 234 g/mol. The van der Waals surface area contributed by atoms with Crippen LogP contribution in [0, 0.1) is 0 Å². The zero-order valence-electron chi connectivity index (χ0n) is 11.5. The van der Waals surface area contributed by atoms with Crippen LogP contribution < -0.4 is 5.32 Å². The summed E-state index contributed by atoms with van der Waals surface area (Å²) in [5.41, 5.74) is 3.33. The van der Waals surface area contributed by atoms with Crippen molar-refractivity contribution in [2.45, 2.75) is 25.9 Å². The quantitative estimate of drug-likeness (QED) is 0.847. The molecule has 2 heteroatoms. The van der Waals surface area contributed by atoms with Gasteiger partial charge >= 0.3 is 0 Å². The van der Waals surface area contributed by atoms with Crippen LogP contribution in [0.2, 0.25) is 0 Å². The summed E-state index contributed by atoms with van der Waals surface area (Å²) in [6, 6.07) is 18.0. The second-order valence-electron chi connectivity index (χ2n) is 5.05. The summed E-state index contributed by atoms with van der Waals surface area (Å²) in [5.74, 6) is 0.470. The molecule has 0 aliphatic rings. The van der Waals surface area contributed by atoms with E-state index in [0.717, 1.165) is 11.3 Å². The van der Waals surface area contributed by atoms with Crippen LogP contribution in [0.1, 0.15) is 37.0 Å². The maximum Gasteiger partial charge on any atom is 0.0962 e. The molecule has 0 heterocycles. The summed E-state index contributed by atoms with van der Waals surface area (Å²) in [6.07, 6.45) is -0.485. The lowest BCUT2D eigenvalue weighted by molar-refractivity contribution is 0.191. The fraction of sp³-hybridized carbons (Fsp3) is 0.294. The van der Waals surface area contributed by atoms with Crippen molar-refractivity contribution in [3.63, 3.8) is 0 Å². The van der Waals surface area contributed by atoms with Crippen LogP contribution in [-0.2, 0) is 0 Å². The van der Waals surface area contributed by atoms with E-state index in [1.807, 2.05) is 42.5 Å². The molecular formula is C17H21NO. The van der Waals surface area contributed by atoms with Gasteiger partial charge in [-0.2, -0.15) is 0 Å². The Labute approximate surface area is 115 Å². The molecule has 2 N–H and O–H groups in total.